The smallest absolute Gasteiger partial charge is 0.253 e. The van der Waals surface area contributed by atoms with Gasteiger partial charge in [-0.2, -0.15) is 0 Å². The topological polar surface area (TPSA) is 93.8 Å². The third-order valence-electron chi connectivity index (χ3n) is 5.45. The van der Waals surface area contributed by atoms with Gasteiger partial charge in [-0.3, -0.25) is 14.8 Å². The van der Waals surface area contributed by atoms with E-state index in [1.165, 1.54) is 0 Å². The van der Waals surface area contributed by atoms with Crippen LogP contribution in [0.1, 0.15) is 27.0 Å². The zero-order valence-electron chi connectivity index (χ0n) is 17.3. The second-order valence-corrected chi connectivity index (χ2v) is 7.72. The van der Waals surface area contributed by atoms with E-state index in [0.29, 0.717) is 24.3 Å². The molecule has 1 amide bonds. The summed E-state index contributed by atoms with van der Waals surface area (Å²) < 4.78 is 0. The molecule has 0 aliphatic carbocycles. The number of carbonyl (C=O) groups excluding carboxylic acids is 1. The maximum atomic E-state index is 12.7. The molecule has 2 aromatic carbocycles. The van der Waals surface area contributed by atoms with Crippen molar-refractivity contribution in [3.05, 3.63) is 108 Å². The summed E-state index contributed by atoms with van der Waals surface area (Å²) in [5.41, 5.74) is 10.5. The van der Waals surface area contributed by atoms with Crippen LogP contribution in [-0.2, 0) is 13.0 Å². The van der Waals surface area contributed by atoms with Crippen LogP contribution in [0.15, 0.2) is 85.5 Å². The Morgan fingerprint density at radius 2 is 1.72 bits per heavy atom. The van der Waals surface area contributed by atoms with Crippen molar-refractivity contribution in [3.63, 3.8) is 0 Å². The fourth-order valence-electron chi connectivity index (χ4n) is 3.82. The molecule has 3 N–H and O–H groups in total. The van der Waals surface area contributed by atoms with E-state index in [0.717, 1.165) is 38.4 Å². The molecule has 0 atom stereocenters. The average Bonchev–Trinajstić information content (AvgIpc) is 2.83. The molecule has 6 heteroatoms. The number of benzene rings is 2. The molecule has 5 rings (SSSR count). The highest BCUT2D eigenvalue weighted by molar-refractivity contribution is 5.94. The van der Waals surface area contributed by atoms with Crippen molar-refractivity contribution in [2.45, 2.75) is 13.0 Å². The number of nitrogens with zero attached hydrogens (tertiary/aromatic N) is 3. The summed E-state index contributed by atoms with van der Waals surface area (Å²) in [6, 6.07) is 19.9. The number of nitrogens with one attached hydrogen (secondary N) is 1. The molecule has 156 valence electrons. The molecule has 3 aromatic heterocycles. The van der Waals surface area contributed by atoms with Gasteiger partial charge in [0, 0.05) is 42.1 Å². The van der Waals surface area contributed by atoms with Gasteiger partial charge in [-0.15, -0.1) is 0 Å². The number of carbonyl (C=O) groups is 1. The third-order valence-corrected chi connectivity index (χ3v) is 5.45. The molecule has 0 saturated carbocycles. The van der Waals surface area contributed by atoms with Crippen LogP contribution in [0.3, 0.4) is 0 Å². The van der Waals surface area contributed by atoms with Gasteiger partial charge in [0.1, 0.15) is 5.82 Å². The van der Waals surface area contributed by atoms with Crippen molar-refractivity contribution in [3.8, 4) is 0 Å². The van der Waals surface area contributed by atoms with Crippen LogP contribution in [-0.4, -0.2) is 20.9 Å². The SMILES string of the molecule is Nc1nccc2cc(CNC(=O)c3cncc(Cc4ccc5ncccc5c4)c3)ccc12. The summed E-state index contributed by atoms with van der Waals surface area (Å²) in [6.45, 7) is 0.416. The number of nitrogens with two attached hydrogens (primary N) is 1. The number of aromatic nitrogens is 3. The fraction of sp³-hybridized carbons (Fsp3) is 0.0769. The predicted molar refractivity (Wildman–Crippen MR) is 126 cm³/mol. The van der Waals surface area contributed by atoms with E-state index in [4.69, 9.17) is 5.73 Å². The van der Waals surface area contributed by atoms with Gasteiger partial charge in [-0.25, -0.2) is 4.98 Å². The largest absolute Gasteiger partial charge is 0.383 e. The molecular formula is C26H21N5O. The maximum Gasteiger partial charge on any atom is 0.253 e. The lowest BCUT2D eigenvalue weighted by molar-refractivity contribution is 0.0950. The second-order valence-electron chi connectivity index (χ2n) is 7.72. The predicted octanol–water partition coefficient (Wildman–Crippen LogP) is 4.28. The van der Waals surface area contributed by atoms with Crippen molar-refractivity contribution < 1.29 is 4.79 Å². The number of fused-ring (bicyclic) bond motifs is 2. The molecule has 0 bridgehead atoms. The monoisotopic (exact) mass is 419 g/mol. The Kier molecular flexibility index (Phi) is 5.17. The molecule has 0 fully saturated rings. The first kappa shape index (κ1) is 19.6. The minimum absolute atomic E-state index is 0.156. The van der Waals surface area contributed by atoms with Crippen LogP contribution in [0.25, 0.3) is 21.7 Å². The number of pyridine rings is 3. The lowest BCUT2D eigenvalue weighted by Gasteiger charge is -2.09. The first-order chi connectivity index (χ1) is 15.7. The number of hydrogen-bond donors (Lipinski definition) is 2. The zero-order valence-corrected chi connectivity index (χ0v) is 17.3. The number of anilines is 1. The molecule has 0 aliphatic rings. The molecule has 0 saturated heterocycles. The van der Waals surface area contributed by atoms with Crippen LogP contribution in [0.5, 0.6) is 0 Å². The highest BCUT2D eigenvalue weighted by Gasteiger charge is 2.09. The van der Waals surface area contributed by atoms with Gasteiger partial charge in [-0.05, 0) is 64.9 Å². The first-order valence-corrected chi connectivity index (χ1v) is 10.3. The molecule has 0 radical (unpaired) electrons. The Morgan fingerprint density at radius 3 is 2.66 bits per heavy atom. The normalized spacial score (nSPS) is 11.0. The Labute approximate surface area is 185 Å². The number of nitrogen functional groups attached to an aromatic ring is 1. The van der Waals surface area contributed by atoms with Crippen molar-refractivity contribution in [2.75, 3.05) is 5.73 Å². The number of rotatable bonds is 5. The van der Waals surface area contributed by atoms with E-state index < -0.39 is 0 Å². The van der Waals surface area contributed by atoms with E-state index in [-0.39, 0.29) is 5.91 Å². The molecule has 0 spiro atoms. The molecule has 3 heterocycles. The first-order valence-electron chi connectivity index (χ1n) is 10.3. The van der Waals surface area contributed by atoms with Gasteiger partial charge in [0.25, 0.3) is 5.91 Å². The molecule has 5 aromatic rings. The Balaban J connectivity index is 1.28. The van der Waals surface area contributed by atoms with E-state index in [1.54, 1.807) is 24.8 Å². The molecular weight excluding hydrogens is 398 g/mol. The average molecular weight is 419 g/mol. The lowest BCUT2D eigenvalue weighted by atomic mass is 10.0. The van der Waals surface area contributed by atoms with Gasteiger partial charge < -0.3 is 11.1 Å². The summed E-state index contributed by atoms with van der Waals surface area (Å²) in [5.74, 6) is 0.347. The Morgan fingerprint density at radius 1 is 0.844 bits per heavy atom. The van der Waals surface area contributed by atoms with Gasteiger partial charge >= 0.3 is 0 Å². The molecule has 0 aliphatic heterocycles. The van der Waals surface area contributed by atoms with Crippen LogP contribution < -0.4 is 11.1 Å². The highest BCUT2D eigenvalue weighted by Crippen LogP contribution is 2.20. The van der Waals surface area contributed by atoms with Gasteiger partial charge in [0.15, 0.2) is 0 Å². The summed E-state index contributed by atoms with van der Waals surface area (Å²) in [7, 11) is 0. The summed E-state index contributed by atoms with van der Waals surface area (Å²) in [5, 5.41) is 5.98. The minimum atomic E-state index is -0.156. The number of amides is 1. The summed E-state index contributed by atoms with van der Waals surface area (Å²) in [6.07, 6.45) is 7.56. The maximum absolute atomic E-state index is 12.7. The van der Waals surface area contributed by atoms with Gasteiger partial charge in [-0.1, -0.05) is 24.3 Å². The Hall–Kier alpha value is -4.32. The fourth-order valence-corrected chi connectivity index (χ4v) is 3.82. The standard InChI is InChI=1S/C26H21N5O/c27-25-23-5-3-18(12-20(23)7-9-30-25)15-31-26(32)22-13-19(14-28-16-22)10-17-4-6-24-21(11-17)2-1-8-29-24/h1-9,11-14,16H,10,15H2,(H2,27,30)(H,31,32). The second kappa shape index (κ2) is 8.43. The zero-order chi connectivity index (χ0) is 21.9. The highest BCUT2D eigenvalue weighted by atomic mass is 16.1. The van der Waals surface area contributed by atoms with Crippen LogP contribution in [0.4, 0.5) is 5.82 Å². The van der Waals surface area contributed by atoms with Crippen molar-refractivity contribution in [2.24, 2.45) is 0 Å². The van der Waals surface area contributed by atoms with E-state index in [1.807, 2.05) is 48.5 Å². The molecule has 32 heavy (non-hydrogen) atoms. The van der Waals surface area contributed by atoms with Crippen LogP contribution in [0.2, 0.25) is 0 Å². The number of hydrogen-bond acceptors (Lipinski definition) is 5. The Bertz CT molecular complexity index is 1450. The quantitative estimate of drug-likeness (QED) is 0.443. The van der Waals surface area contributed by atoms with Crippen molar-refractivity contribution in [1.82, 2.24) is 20.3 Å². The van der Waals surface area contributed by atoms with Crippen LogP contribution >= 0.6 is 0 Å². The molecule has 6 nitrogen and oxygen atoms in total. The summed E-state index contributed by atoms with van der Waals surface area (Å²) >= 11 is 0. The summed E-state index contributed by atoms with van der Waals surface area (Å²) in [4.78, 5) is 25.5. The van der Waals surface area contributed by atoms with Crippen LogP contribution in [0, 0.1) is 0 Å². The lowest BCUT2D eigenvalue weighted by Crippen LogP contribution is -2.23. The third kappa shape index (κ3) is 4.11. The van der Waals surface area contributed by atoms with E-state index >= 15 is 0 Å². The van der Waals surface area contributed by atoms with Crippen molar-refractivity contribution in [1.29, 1.82) is 0 Å². The van der Waals surface area contributed by atoms with E-state index in [9.17, 15) is 4.79 Å². The van der Waals surface area contributed by atoms with Gasteiger partial charge in [0.2, 0.25) is 0 Å². The molecule has 0 unspecified atom stereocenters. The van der Waals surface area contributed by atoms with E-state index in [2.05, 4.69) is 32.4 Å². The minimum Gasteiger partial charge on any atom is -0.383 e. The van der Waals surface area contributed by atoms with Gasteiger partial charge in [0.05, 0.1) is 11.1 Å². The van der Waals surface area contributed by atoms with Crippen molar-refractivity contribution >= 4 is 33.4 Å².